The molecule has 58 valence electrons. The summed E-state index contributed by atoms with van der Waals surface area (Å²) >= 11 is 0. The third-order valence-electron chi connectivity index (χ3n) is 1.74. The summed E-state index contributed by atoms with van der Waals surface area (Å²) in [6.45, 7) is 3.93. The summed E-state index contributed by atoms with van der Waals surface area (Å²) in [5.41, 5.74) is 2.76. The molecule has 1 aliphatic rings. The van der Waals surface area contributed by atoms with Crippen LogP contribution in [0.4, 0.5) is 0 Å². The van der Waals surface area contributed by atoms with E-state index in [2.05, 4.69) is 5.18 Å². The summed E-state index contributed by atoms with van der Waals surface area (Å²) < 4.78 is 0. The van der Waals surface area contributed by atoms with E-state index in [1.807, 2.05) is 32.1 Å². The highest BCUT2D eigenvalue weighted by atomic mass is 16.3. The van der Waals surface area contributed by atoms with Crippen LogP contribution in [0.15, 0.2) is 40.2 Å². The van der Waals surface area contributed by atoms with Gasteiger partial charge in [-0.25, -0.2) is 0 Å². The van der Waals surface area contributed by atoms with E-state index in [9.17, 15) is 4.91 Å². The van der Waals surface area contributed by atoms with Crippen LogP contribution in [0.2, 0.25) is 0 Å². The van der Waals surface area contributed by atoms with Gasteiger partial charge in [0.1, 0.15) is 5.70 Å². The van der Waals surface area contributed by atoms with Crippen molar-refractivity contribution in [2.45, 2.75) is 20.3 Å². The van der Waals surface area contributed by atoms with Crippen molar-refractivity contribution in [1.82, 2.24) is 0 Å². The SMILES string of the molecule is CC1=CC=C(C)C(N=O)=CC1. The first-order valence-corrected chi connectivity index (χ1v) is 3.62. The molecule has 0 N–H and O–H groups in total. The molecular weight excluding hydrogens is 138 g/mol. The Labute approximate surface area is 66.3 Å². The molecule has 0 spiro atoms. The quantitative estimate of drug-likeness (QED) is 0.527. The first-order valence-electron chi connectivity index (χ1n) is 3.62. The van der Waals surface area contributed by atoms with Crippen molar-refractivity contribution < 1.29 is 0 Å². The average Bonchev–Trinajstić information content (AvgIpc) is 2.15. The van der Waals surface area contributed by atoms with Crippen molar-refractivity contribution in [2.24, 2.45) is 5.18 Å². The van der Waals surface area contributed by atoms with Gasteiger partial charge in [-0.15, -0.1) is 4.91 Å². The summed E-state index contributed by atoms with van der Waals surface area (Å²) in [5, 5.41) is 2.93. The molecule has 1 rings (SSSR count). The van der Waals surface area contributed by atoms with Gasteiger partial charge < -0.3 is 0 Å². The molecular formula is C9H11NO. The van der Waals surface area contributed by atoms with Crippen LogP contribution >= 0.6 is 0 Å². The summed E-state index contributed by atoms with van der Waals surface area (Å²) in [6.07, 6.45) is 6.63. The highest BCUT2D eigenvalue weighted by Crippen LogP contribution is 2.17. The molecule has 0 aromatic carbocycles. The zero-order chi connectivity index (χ0) is 8.27. The molecule has 0 atom stereocenters. The zero-order valence-corrected chi connectivity index (χ0v) is 6.79. The van der Waals surface area contributed by atoms with Crippen LogP contribution in [0.25, 0.3) is 0 Å². The number of rotatable bonds is 1. The van der Waals surface area contributed by atoms with Gasteiger partial charge in [-0.2, -0.15) is 0 Å². The maximum Gasteiger partial charge on any atom is 0.107 e. The Kier molecular flexibility index (Phi) is 2.36. The number of hydrogen-bond acceptors (Lipinski definition) is 2. The molecule has 0 amide bonds. The van der Waals surface area contributed by atoms with Crippen LogP contribution in [-0.4, -0.2) is 0 Å². The third kappa shape index (κ3) is 1.87. The lowest BCUT2D eigenvalue weighted by molar-refractivity contribution is 1.17. The largest absolute Gasteiger partial charge is 0.145 e. The minimum atomic E-state index is 0.568. The van der Waals surface area contributed by atoms with Gasteiger partial charge in [-0.3, -0.25) is 0 Å². The lowest BCUT2D eigenvalue weighted by Gasteiger charge is -1.92. The number of nitrogens with zero attached hydrogens (tertiary/aromatic N) is 1. The number of allylic oxidation sites excluding steroid dienone is 5. The normalized spacial score (nSPS) is 17.8. The Bertz CT molecular complexity index is 259. The molecule has 0 aromatic heterocycles. The van der Waals surface area contributed by atoms with E-state index in [4.69, 9.17) is 0 Å². The number of hydrogen-bond donors (Lipinski definition) is 0. The Morgan fingerprint density at radius 2 is 2.09 bits per heavy atom. The van der Waals surface area contributed by atoms with E-state index in [0.717, 1.165) is 12.0 Å². The second kappa shape index (κ2) is 3.28. The average molecular weight is 149 g/mol. The minimum Gasteiger partial charge on any atom is -0.145 e. The van der Waals surface area contributed by atoms with Crippen LogP contribution in [0.5, 0.6) is 0 Å². The van der Waals surface area contributed by atoms with Crippen molar-refractivity contribution in [2.75, 3.05) is 0 Å². The third-order valence-corrected chi connectivity index (χ3v) is 1.74. The van der Waals surface area contributed by atoms with Crippen molar-refractivity contribution in [3.8, 4) is 0 Å². The molecule has 2 heteroatoms. The predicted octanol–water partition coefficient (Wildman–Crippen LogP) is 2.93. The molecule has 1 aliphatic carbocycles. The van der Waals surface area contributed by atoms with Gasteiger partial charge in [0, 0.05) is 0 Å². The minimum absolute atomic E-state index is 0.568. The highest BCUT2D eigenvalue weighted by molar-refractivity contribution is 5.35. The van der Waals surface area contributed by atoms with E-state index in [1.54, 1.807) is 0 Å². The summed E-state index contributed by atoms with van der Waals surface area (Å²) in [7, 11) is 0. The van der Waals surface area contributed by atoms with Crippen LogP contribution < -0.4 is 0 Å². The first-order chi connectivity index (χ1) is 5.24. The molecule has 0 aromatic rings. The van der Waals surface area contributed by atoms with Crippen LogP contribution in [-0.2, 0) is 0 Å². The van der Waals surface area contributed by atoms with Crippen LogP contribution in [0.3, 0.4) is 0 Å². The second-order valence-electron chi connectivity index (χ2n) is 2.75. The summed E-state index contributed by atoms with van der Waals surface area (Å²) in [4.78, 5) is 10.2. The monoisotopic (exact) mass is 149 g/mol. The van der Waals surface area contributed by atoms with Crippen molar-refractivity contribution >= 4 is 0 Å². The Hall–Kier alpha value is -1.18. The fourth-order valence-corrected chi connectivity index (χ4v) is 0.949. The fourth-order valence-electron chi connectivity index (χ4n) is 0.949. The van der Waals surface area contributed by atoms with Crippen molar-refractivity contribution in [1.29, 1.82) is 0 Å². The van der Waals surface area contributed by atoms with E-state index in [-0.39, 0.29) is 0 Å². The van der Waals surface area contributed by atoms with Gasteiger partial charge in [0.15, 0.2) is 0 Å². The van der Waals surface area contributed by atoms with E-state index in [1.165, 1.54) is 5.57 Å². The molecule has 0 saturated heterocycles. The zero-order valence-electron chi connectivity index (χ0n) is 6.79. The maximum atomic E-state index is 10.2. The van der Waals surface area contributed by atoms with Gasteiger partial charge in [-0.1, -0.05) is 23.8 Å². The lowest BCUT2D eigenvalue weighted by Crippen LogP contribution is -1.77. The number of nitroso groups, excluding NO2 is 1. The first kappa shape index (κ1) is 7.92. The van der Waals surface area contributed by atoms with E-state index >= 15 is 0 Å². The Balaban J connectivity index is 2.95. The molecule has 0 aliphatic heterocycles. The molecule has 0 fully saturated rings. The van der Waals surface area contributed by atoms with Gasteiger partial charge in [0.25, 0.3) is 0 Å². The van der Waals surface area contributed by atoms with Crippen LogP contribution in [0.1, 0.15) is 20.3 Å². The highest BCUT2D eigenvalue weighted by Gasteiger charge is 2.01. The topological polar surface area (TPSA) is 29.4 Å². The molecule has 11 heavy (non-hydrogen) atoms. The van der Waals surface area contributed by atoms with Gasteiger partial charge >= 0.3 is 0 Å². The lowest BCUT2D eigenvalue weighted by atomic mass is 10.2. The Morgan fingerprint density at radius 3 is 2.73 bits per heavy atom. The molecule has 0 heterocycles. The molecule has 0 radical (unpaired) electrons. The van der Waals surface area contributed by atoms with Gasteiger partial charge in [0.05, 0.1) is 0 Å². The van der Waals surface area contributed by atoms with E-state index < -0.39 is 0 Å². The van der Waals surface area contributed by atoms with Crippen molar-refractivity contribution in [3.05, 3.63) is 40.0 Å². The predicted molar refractivity (Wildman–Crippen MR) is 46.0 cm³/mol. The molecule has 0 saturated carbocycles. The summed E-state index contributed by atoms with van der Waals surface area (Å²) in [6, 6.07) is 0. The standard InChI is InChI=1S/C9H11NO/c1-7-3-5-8(2)9(10-11)6-4-7/h3,5-6H,4H2,1-2H3. The van der Waals surface area contributed by atoms with Gasteiger partial charge in [-0.05, 0) is 31.0 Å². The second-order valence-corrected chi connectivity index (χ2v) is 2.75. The molecule has 0 unspecified atom stereocenters. The maximum absolute atomic E-state index is 10.2. The molecule has 2 nitrogen and oxygen atoms in total. The fraction of sp³-hybridized carbons (Fsp3) is 0.333. The smallest absolute Gasteiger partial charge is 0.107 e. The van der Waals surface area contributed by atoms with E-state index in [0.29, 0.717) is 5.70 Å². The Morgan fingerprint density at radius 1 is 1.36 bits per heavy atom. The van der Waals surface area contributed by atoms with Crippen LogP contribution in [0, 0.1) is 4.91 Å². The van der Waals surface area contributed by atoms with Gasteiger partial charge in [0.2, 0.25) is 0 Å². The van der Waals surface area contributed by atoms with Crippen molar-refractivity contribution in [3.63, 3.8) is 0 Å². The summed E-state index contributed by atoms with van der Waals surface area (Å²) in [5.74, 6) is 0. The molecule has 0 bridgehead atoms.